The molecule has 0 aliphatic carbocycles. The zero-order valence-corrected chi connectivity index (χ0v) is 14.5. The van der Waals surface area contributed by atoms with Crippen LogP contribution >= 0.6 is 11.8 Å². The Labute approximate surface area is 150 Å². The third kappa shape index (κ3) is 2.75. The van der Waals surface area contributed by atoms with E-state index >= 15 is 0 Å². The Bertz CT molecular complexity index is 799. The van der Waals surface area contributed by atoms with Gasteiger partial charge in [0.15, 0.2) is 16.7 Å². The van der Waals surface area contributed by atoms with Crippen LogP contribution in [0, 0.1) is 0 Å². The van der Waals surface area contributed by atoms with Crippen LogP contribution in [0.2, 0.25) is 0 Å². The summed E-state index contributed by atoms with van der Waals surface area (Å²) in [5.41, 5.74) is -3.45. The summed E-state index contributed by atoms with van der Waals surface area (Å²) in [7, 11) is 2.71. The van der Waals surface area contributed by atoms with Crippen molar-refractivity contribution in [1.29, 1.82) is 0 Å². The lowest BCUT2D eigenvalue weighted by Gasteiger charge is -2.28. The summed E-state index contributed by atoms with van der Waals surface area (Å²) in [5.74, 6) is -1.47. The Morgan fingerprint density at radius 1 is 1.31 bits per heavy atom. The molecule has 1 aromatic carbocycles. The first-order chi connectivity index (χ1) is 12.2. The molecule has 2 aliphatic rings. The standard InChI is InChI=1S/C15H14F3N3O4S/c1-24-9-4-3-8(7-10(9)25-2)11(22)19-14(15(16,17)18)12(23)21-5-6-26-13(21)20-14/h3-4,7H,5-6H2,1-2H3,(H,19,22)/t14-/m0/s1. The number of nitrogens with one attached hydrogen (secondary N) is 1. The van der Waals surface area contributed by atoms with Gasteiger partial charge >= 0.3 is 11.8 Å². The Kier molecular flexibility index (Phi) is 4.51. The largest absolute Gasteiger partial charge is 0.493 e. The summed E-state index contributed by atoms with van der Waals surface area (Å²) in [6, 6.07) is 3.87. The summed E-state index contributed by atoms with van der Waals surface area (Å²) < 4.78 is 51.1. The van der Waals surface area contributed by atoms with Crippen LogP contribution in [0.3, 0.4) is 0 Å². The fourth-order valence-corrected chi connectivity index (χ4v) is 3.61. The van der Waals surface area contributed by atoms with Crippen molar-refractivity contribution in [2.75, 3.05) is 26.5 Å². The van der Waals surface area contributed by atoms with Gasteiger partial charge in [0, 0.05) is 17.9 Å². The molecule has 0 radical (unpaired) electrons. The van der Waals surface area contributed by atoms with Gasteiger partial charge in [0.05, 0.1) is 14.2 Å². The van der Waals surface area contributed by atoms with Crippen LogP contribution in [0.1, 0.15) is 10.4 Å². The number of rotatable bonds is 4. The maximum absolute atomic E-state index is 13.7. The number of hydrogen-bond donors (Lipinski definition) is 1. The monoisotopic (exact) mass is 389 g/mol. The molecule has 0 unspecified atom stereocenters. The van der Waals surface area contributed by atoms with Gasteiger partial charge in [0.1, 0.15) is 0 Å². The first-order valence-corrected chi connectivity index (χ1v) is 8.38. The maximum Gasteiger partial charge on any atom is 0.442 e. The lowest BCUT2D eigenvalue weighted by atomic mass is 10.1. The molecule has 1 saturated heterocycles. The highest BCUT2D eigenvalue weighted by molar-refractivity contribution is 8.14. The summed E-state index contributed by atoms with van der Waals surface area (Å²) in [4.78, 5) is 29.3. The van der Waals surface area contributed by atoms with E-state index in [1.807, 2.05) is 0 Å². The van der Waals surface area contributed by atoms with Gasteiger partial charge in [-0.25, -0.2) is 4.99 Å². The molecule has 3 rings (SSSR count). The fraction of sp³-hybridized carbons (Fsp3) is 0.400. The molecule has 26 heavy (non-hydrogen) atoms. The van der Waals surface area contributed by atoms with Gasteiger partial charge < -0.3 is 14.8 Å². The van der Waals surface area contributed by atoms with Gasteiger partial charge in [0.2, 0.25) is 0 Å². The minimum absolute atomic E-state index is 0.0417. The van der Waals surface area contributed by atoms with E-state index in [-0.39, 0.29) is 23.0 Å². The fourth-order valence-electron chi connectivity index (χ4n) is 2.62. The van der Waals surface area contributed by atoms with Crippen LogP contribution in [-0.2, 0) is 4.79 Å². The summed E-state index contributed by atoms with van der Waals surface area (Å²) >= 11 is 1.04. The van der Waals surface area contributed by atoms with E-state index < -0.39 is 23.7 Å². The number of methoxy groups -OCH3 is 2. The number of amides is 2. The highest BCUT2D eigenvalue weighted by Gasteiger charge is 2.67. The van der Waals surface area contributed by atoms with E-state index in [0.717, 1.165) is 16.7 Å². The molecule has 0 aromatic heterocycles. The molecule has 1 fully saturated rings. The first-order valence-electron chi connectivity index (χ1n) is 7.39. The number of carbonyl (C=O) groups is 2. The molecular formula is C15H14F3N3O4S. The highest BCUT2D eigenvalue weighted by Crippen LogP contribution is 2.41. The van der Waals surface area contributed by atoms with E-state index in [2.05, 4.69) is 4.99 Å². The maximum atomic E-state index is 13.7. The Balaban J connectivity index is 1.95. The summed E-state index contributed by atoms with van der Waals surface area (Å²) in [5, 5.41) is 1.72. The lowest BCUT2D eigenvalue weighted by Crippen LogP contribution is -2.63. The number of alkyl halides is 3. The molecule has 2 aliphatic heterocycles. The summed E-state index contributed by atoms with van der Waals surface area (Å²) in [6.45, 7) is 0.117. The van der Waals surface area contributed by atoms with Gasteiger partial charge in [-0.05, 0) is 18.2 Å². The third-order valence-electron chi connectivity index (χ3n) is 3.95. The van der Waals surface area contributed by atoms with E-state index in [4.69, 9.17) is 9.47 Å². The Hall–Kier alpha value is -2.43. The average Bonchev–Trinajstić information content (AvgIpc) is 3.15. The number of aliphatic imine (C=N–C) groups is 1. The van der Waals surface area contributed by atoms with Crippen molar-refractivity contribution in [3.8, 4) is 11.5 Å². The molecule has 0 spiro atoms. The second kappa shape index (κ2) is 6.38. The number of fused-ring (bicyclic) bond motifs is 1. The molecular weight excluding hydrogens is 375 g/mol. The van der Waals surface area contributed by atoms with Crippen LogP contribution < -0.4 is 14.8 Å². The van der Waals surface area contributed by atoms with E-state index in [0.29, 0.717) is 11.5 Å². The van der Waals surface area contributed by atoms with Crippen molar-refractivity contribution < 1.29 is 32.2 Å². The number of nitrogens with zero attached hydrogens (tertiary/aromatic N) is 2. The lowest BCUT2D eigenvalue weighted by molar-refractivity contribution is -0.196. The number of carbonyl (C=O) groups excluding carboxylic acids is 2. The molecule has 1 aromatic rings. The molecule has 140 valence electrons. The second-order valence-corrected chi connectivity index (χ2v) is 6.49. The molecule has 1 atom stereocenters. The van der Waals surface area contributed by atoms with Crippen LogP contribution in [0.25, 0.3) is 0 Å². The van der Waals surface area contributed by atoms with Gasteiger partial charge in [-0.1, -0.05) is 11.8 Å². The van der Waals surface area contributed by atoms with Crippen molar-refractivity contribution >= 4 is 28.7 Å². The zero-order valence-electron chi connectivity index (χ0n) is 13.7. The number of amidine groups is 1. The minimum Gasteiger partial charge on any atom is -0.493 e. The Morgan fingerprint density at radius 2 is 2.00 bits per heavy atom. The molecule has 2 heterocycles. The van der Waals surface area contributed by atoms with Crippen LogP contribution in [0.15, 0.2) is 23.2 Å². The molecule has 0 saturated carbocycles. The topological polar surface area (TPSA) is 80.2 Å². The molecule has 11 heteroatoms. The number of hydrogen-bond acceptors (Lipinski definition) is 6. The quantitative estimate of drug-likeness (QED) is 0.847. The number of ether oxygens (including phenoxy) is 2. The van der Waals surface area contributed by atoms with Crippen LogP contribution in [0.4, 0.5) is 13.2 Å². The smallest absolute Gasteiger partial charge is 0.442 e. The molecule has 7 nitrogen and oxygen atoms in total. The normalized spacial score (nSPS) is 22.1. The third-order valence-corrected chi connectivity index (χ3v) is 4.90. The second-order valence-electron chi connectivity index (χ2n) is 5.43. The van der Waals surface area contributed by atoms with E-state index in [1.54, 1.807) is 5.32 Å². The van der Waals surface area contributed by atoms with Gasteiger partial charge in [0.25, 0.3) is 11.8 Å². The van der Waals surface area contributed by atoms with Crippen molar-refractivity contribution in [1.82, 2.24) is 10.2 Å². The highest BCUT2D eigenvalue weighted by atomic mass is 32.2. The van der Waals surface area contributed by atoms with Crippen molar-refractivity contribution in [3.05, 3.63) is 23.8 Å². The predicted molar refractivity (Wildman–Crippen MR) is 87.4 cm³/mol. The molecule has 1 N–H and O–H groups in total. The summed E-state index contributed by atoms with van der Waals surface area (Å²) in [6.07, 6.45) is -5.09. The van der Waals surface area contributed by atoms with Crippen molar-refractivity contribution in [2.45, 2.75) is 11.8 Å². The van der Waals surface area contributed by atoms with E-state index in [9.17, 15) is 22.8 Å². The first kappa shape index (κ1) is 18.4. The predicted octanol–water partition coefficient (Wildman–Crippen LogP) is 1.64. The van der Waals surface area contributed by atoms with E-state index in [1.165, 1.54) is 32.4 Å². The SMILES string of the molecule is COc1ccc(C(=O)N[C@]2(C(F)(F)F)N=C3SCCN3C2=O)cc1OC. The van der Waals surface area contributed by atoms with Crippen LogP contribution in [-0.4, -0.2) is 60.2 Å². The number of benzene rings is 1. The molecule has 0 bridgehead atoms. The number of halogens is 3. The number of thioether (sulfide) groups is 1. The average molecular weight is 389 g/mol. The zero-order chi connectivity index (χ0) is 19.1. The van der Waals surface area contributed by atoms with Crippen molar-refractivity contribution in [3.63, 3.8) is 0 Å². The van der Waals surface area contributed by atoms with Gasteiger partial charge in [-0.2, -0.15) is 13.2 Å². The van der Waals surface area contributed by atoms with Crippen molar-refractivity contribution in [2.24, 2.45) is 4.99 Å². The Morgan fingerprint density at radius 3 is 2.58 bits per heavy atom. The molecule has 2 amide bonds. The van der Waals surface area contributed by atoms with Crippen LogP contribution in [0.5, 0.6) is 11.5 Å². The van der Waals surface area contributed by atoms with Gasteiger partial charge in [-0.3, -0.25) is 14.5 Å². The minimum atomic E-state index is -5.09. The van der Waals surface area contributed by atoms with Gasteiger partial charge in [-0.15, -0.1) is 0 Å².